The predicted octanol–water partition coefficient (Wildman–Crippen LogP) is 2.08. The molecule has 0 aromatic carbocycles. The maximum Gasteiger partial charge on any atom is 0.264 e. The van der Waals surface area contributed by atoms with Crippen LogP contribution in [0.5, 0.6) is 0 Å². The van der Waals surface area contributed by atoms with Crippen molar-refractivity contribution in [2.24, 2.45) is 0 Å². The van der Waals surface area contributed by atoms with E-state index in [9.17, 15) is 4.79 Å². The molecule has 6 nitrogen and oxygen atoms in total. The fourth-order valence-corrected chi connectivity index (χ4v) is 4.30. The van der Waals surface area contributed by atoms with Gasteiger partial charge in [0.15, 0.2) is 0 Å². The Morgan fingerprint density at radius 3 is 3.00 bits per heavy atom. The topological polar surface area (TPSA) is 58.8 Å². The fraction of sp³-hybridized carbons (Fsp3) is 0.529. The van der Waals surface area contributed by atoms with E-state index in [4.69, 9.17) is 9.26 Å². The molecule has 0 bridgehead atoms. The van der Waals surface area contributed by atoms with Crippen LogP contribution in [0, 0.1) is 13.8 Å². The van der Waals surface area contributed by atoms with E-state index in [2.05, 4.69) is 10.1 Å². The van der Waals surface area contributed by atoms with Gasteiger partial charge in [-0.2, -0.15) is 0 Å². The predicted molar refractivity (Wildman–Crippen MR) is 90.1 cm³/mol. The zero-order chi connectivity index (χ0) is 16.7. The average molecular weight is 347 g/mol. The molecular formula is C17H21N3O3S. The lowest BCUT2D eigenvalue weighted by atomic mass is 10.1. The van der Waals surface area contributed by atoms with Crippen molar-refractivity contribution < 1.29 is 14.1 Å². The first kappa shape index (κ1) is 15.8. The Morgan fingerprint density at radius 1 is 1.42 bits per heavy atom. The molecule has 4 heterocycles. The number of amides is 1. The van der Waals surface area contributed by atoms with Crippen LogP contribution in [-0.4, -0.2) is 59.3 Å². The summed E-state index contributed by atoms with van der Waals surface area (Å²) in [7, 11) is 0. The first-order chi connectivity index (χ1) is 11.6. The monoisotopic (exact) mass is 347 g/mol. The molecule has 7 heteroatoms. The van der Waals surface area contributed by atoms with Crippen molar-refractivity contribution in [2.75, 3.05) is 26.2 Å². The standard InChI is InChI=1S/C17H21N3O3S/c1-11-13(12(2)23-18-11)8-19-5-6-22-15-10-20(9-14(15)19)17(21)16-4-3-7-24-16/h3-4,7,14-15H,5-6,8-10H2,1-2H3/t14-,15-/m0/s1. The number of aromatic nitrogens is 1. The molecule has 2 saturated heterocycles. The Labute approximate surface area is 145 Å². The minimum atomic E-state index is 0.0862. The van der Waals surface area contributed by atoms with Crippen molar-refractivity contribution in [1.29, 1.82) is 0 Å². The number of thiophene rings is 1. The summed E-state index contributed by atoms with van der Waals surface area (Å²) in [6.45, 7) is 7.68. The van der Waals surface area contributed by atoms with E-state index in [1.807, 2.05) is 36.3 Å². The van der Waals surface area contributed by atoms with Gasteiger partial charge in [-0.15, -0.1) is 11.3 Å². The van der Waals surface area contributed by atoms with Crippen molar-refractivity contribution in [3.05, 3.63) is 39.4 Å². The van der Waals surface area contributed by atoms with Crippen LogP contribution in [0.2, 0.25) is 0 Å². The minimum Gasteiger partial charge on any atom is -0.373 e. The fourth-order valence-electron chi connectivity index (χ4n) is 3.61. The van der Waals surface area contributed by atoms with Crippen LogP contribution in [0.3, 0.4) is 0 Å². The van der Waals surface area contributed by atoms with Gasteiger partial charge in [0, 0.05) is 31.7 Å². The number of ether oxygens (including phenoxy) is 1. The molecule has 0 unspecified atom stereocenters. The largest absolute Gasteiger partial charge is 0.373 e. The number of hydrogen-bond acceptors (Lipinski definition) is 6. The molecule has 128 valence electrons. The molecule has 2 aliphatic rings. The van der Waals surface area contributed by atoms with E-state index in [-0.39, 0.29) is 18.1 Å². The summed E-state index contributed by atoms with van der Waals surface area (Å²) in [6, 6.07) is 4.04. The summed E-state index contributed by atoms with van der Waals surface area (Å²) < 4.78 is 11.2. The molecule has 0 aliphatic carbocycles. The Hall–Kier alpha value is -1.70. The molecule has 0 spiro atoms. The molecule has 2 aromatic heterocycles. The van der Waals surface area contributed by atoms with Crippen LogP contribution in [0.25, 0.3) is 0 Å². The van der Waals surface area contributed by atoms with Crippen LogP contribution in [-0.2, 0) is 11.3 Å². The van der Waals surface area contributed by atoms with Crippen LogP contribution in [0.1, 0.15) is 26.7 Å². The van der Waals surface area contributed by atoms with E-state index < -0.39 is 0 Å². The molecule has 24 heavy (non-hydrogen) atoms. The quantitative estimate of drug-likeness (QED) is 0.851. The van der Waals surface area contributed by atoms with Crippen LogP contribution >= 0.6 is 11.3 Å². The maximum absolute atomic E-state index is 12.6. The number of morpholine rings is 1. The van der Waals surface area contributed by atoms with E-state index in [0.717, 1.165) is 35.0 Å². The zero-order valence-electron chi connectivity index (χ0n) is 13.9. The Morgan fingerprint density at radius 2 is 2.29 bits per heavy atom. The number of aryl methyl sites for hydroxylation is 2. The molecule has 0 saturated carbocycles. The first-order valence-electron chi connectivity index (χ1n) is 8.23. The van der Waals surface area contributed by atoms with Gasteiger partial charge in [0.25, 0.3) is 5.91 Å². The van der Waals surface area contributed by atoms with Gasteiger partial charge >= 0.3 is 0 Å². The third-order valence-electron chi connectivity index (χ3n) is 4.98. The number of carbonyl (C=O) groups is 1. The van der Waals surface area contributed by atoms with Gasteiger partial charge in [-0.25, -0.2) is 0 Å². The van der Waals surface area contributed by atoms with Gasteiger partial charge in [0.1, 0.15) is 5.76 Å². The molecule has 0 radical (unpaired) electrons. The van der Waals surface area contributed by atoms with Crippen molar-refractivity contribution in [3.63, 3.8) is 0 Å². The summed E-state index contributed by atoms with van der Waals surface area (Å²) in [4.78, 5) is 17.7. The highest BCUT2D eigenvalue weighted by molar-refractivity contribution is 7.12. The number of fused-ring (bicyclic) bond motifs is 1. The molecule has 1 amide bonds. The Bertz CT molecular complexity index is 708. The van der Waals surface area contributed by atoms with Crippen molar-refractivity contribution in [3.8, 4) is 0 Å². The van der Waals surface area contributed by atoms with Gasteiger partial charge in [-0.3, -0.25) is 9.69 Å². The number of rotatable bonds is 3. The number of likely N-dealkylation sites (tertiary alicyclic amines) is 1. The first-order valence-corrected chi connectivity index (χ1v) is 9.11. The second kappa shape index (κ2) is 6.31. The highest BCUT2D eigenvalue weighted by Gasteiger charge is 2.42. The third-order valence-corrected chi connectivity index (χ3v) is 5.84. The van der Waals surface area contributed by atoms with E-state index in [0.29, 0.717) is 19.7 Å². The molecule has 2 aliphatic heterocycles. The van der Waals surface area contributed by atoms with Gasteiger partial charge in [-0.05, 0) is 25.3 Å². The molecule has 0 N–H and O–H groups in total. The van der Waals surface area contributed by atoms with Crippen molar-refractivity contribution in [2.45, 2.75) is 32.5 Å². The highest BCUT2D eigenvalue weighted by atomic mass is 32.1. The lowest BCUT2D eigenvalue weighted by molar-refractivity contribution is -0.0505. The zero-order valence-corrected chi connectivity index (χ0v) is 14.7. The van der Waals surface area contributed by atoms with E-state index in [1.165, 1.54) is 11.3 Å². The van der Waals surface area contributed by atoms with E-state index >= 15 is 0 Å². The molecule has 2 fully saturated rings. The van der Waals surface area contributed by atoms with E-state index in [1.54, 1.807) is 0 Å². The number of hydrogen-bond donors (Lipinski definition) is 0. The second-order valence-corrected chi connectivity index (χ2v) is 7.38. The highest BCUT2D eigenvalue weighted by Crippen LogP contribution is 2.27. The van der Waals surface area contributed by atoms with Gasteiger partial charge in [-0.1, -0.05) is 11.2 Å². The van der Waals surface area contributed by atoms with Crippen molar-refractivity contribution >= 4 is 17.2 Å². The van der Waals surface area contributed by atoms with Gasteiger partial charge in [0.05, 0.1) is 29.3 Å². The summed E-state index contributed by atoms with van der Waals surface area (Å²) in [5.41, 5.74) is 2.10. The second-order valence-electron chi connectivity index (χ2n) is 6.44. The average Bonchev–Trinajstić information content (AvgIpc) is 3.30. The lowest BCUT2D eigenvalue weighted by Crippen LogP contribution is -2.50. The Kier molecular flexibility index (Phi) is 4.15. The Balaban J connectivity index is 1.50. The van der Waals surface area contributed by atoms with Crippen molar-refractivity contribution in [1.82, 2.24) is 15.0 Å². The van der Waals surface area contributed by atoms with Crippen LogP contribution in [0.4, 0.5) is 0 Å². The summed E-state index contributed by atoms with van der Waals surface area (Å²) in [5, 5.41) is 5.99. The lowest BCUT2D eigenvalue weighted by Gasteiger charge is -2.36. The molecule has 4 rings (SSSR count). The van der Waals surface area contributed by atoms with Gasteiger partial charge < -0.3 is 14.2 Å². The van der Waals surface area contributed by atoms with Crippen LogP contribution in [0.15, 0.2) is 22.0 Å². The van der Waals surface area contributed by atoms with Crippen LogP contribution < -0.4 is 0 Å². The smallest absolute Gasteiger partial charge is 0.264 e. The SMILES string of the molecule is Cc1noc(C)c1CN1CCO[C@H]2CN(C(=O)c3cccs3)C[C@@H]21. The normalized spacial score (nSPS) is 24.3. The molecular weight excluding hydrogens is 326 g/mol. The number of nitrogens with zero attached hydrogens (tertiary/aromatic N) is 3. The summed E-state index contributed by atoms with van der Waals surface area (Å²) in [5.74, 6) is 0.986. The summed E-state index contributed by atoms with van der Waals surface area (Å²) in [6.07, 6.45) is 0.0862. The molecule has 2 aromatic rings. The maximum atomic E-state index is 12.6. The third kappa shape index (κ3) is 2.76. The number of carbonyl (C=O) groups excluding carboxylic acids is 1. The summed E-state index contributed by atoms with van der Waals surface area (Å²) >= 11 is 1.49. The van der Waals surface area contributed by atoms with Gasteiger partial charge in [0.2, 0.25) is 0 Å². The molecule has 2 atom stereocenters. The minimum absolute atomic E-state index is 0.0862.